The maximum Gasteiger partial charge on any atom is 0.219 e. The summed E-state index contributed by atoms with van der Waals surface area (Å²) in [5.41, 5.74) is 0.253. The van der Waals surface area contributed by atoms with Crippen LogP contribution < -0.4 is 9.64 Å². The zero-order chi connectivity index (χ0) is 19.4. The molecule has 0 spiro atoms. The van der Waals surface area contributed by atoms with Gasteiger partial charge in [0, 0.05) is 50.5 Å². The van der Waals surface area contributed by atoms with Gasteiger partial charge in [-0.25, -0.2) is 13.8 Å². The normalized spacial score (nSPS) is 14.4. The summed E-state index contributed by atoms with van der Waals surface area (Å²) < 4.78 is 32.4. The van der Waals surface area contributed by atoms with E-state index in [0.29, 0.717) is 43.0 Å². The van der Waals surface area contributed by atoms with Crippen LogP contribution in [-0.2, 0) is 10.5 Å². The Hall–Kier alpha value is -2.42. The quantitative estimate of drug-likeness (QED) is 0.574. The molecule has 144 valence electrons. The number of methoxy groups -OCH3 is 1. The van der Waals surface area contributed by atoms with Gasteiger partial charge in [-0.15, -0.1) is 0 Å². The molecular weight excluding hydrogens is 374 g/mol. The summed E-state index contributed by atoms with van der Waals surface area (Å²) in [6.45, 7) is 4.12. The van der Waals surface area contributed by atoms with Gasteiger partial charge in [0.2, 0.25) is 11.8 Å². The first-order valence-electron chi connectivity index (χ1n) is 8.47. The molecule has 9 heteroatoms. The molecule has 1 aliphatic rings. The first-order chi connectivity index (χ1) is 13.0. The lowest BCUT2D eigenvalue weighted by atomic mass is 10.2. The Balaban J connectivity index is 1.74. The number of ether oxygens (including phenoxy) is 1. The Morgan fingerprint density at radius 1 is 1.22 bits per heavy atom. The molecular formula is C18H20F2N4O2S. The second-order valence-corrected chi connectivity index (χ2v) is 6.99. The minimum absolute atomic E-state index is 0.0586. The molecule has 0 bridgehead atoms. The Morgan fingerprint density at radius 2 is 1.96 bits per heavy atom. The van der Waals surface area contributed by atoms with Gasteiger partial charge in [-0.3, -0.25) is 4.79 Å². The van der Waals surface area contributed by atoms with Crippen LogP contribution in [0.4, 0.5) is 14.6 Å². The van der Waals surface area contributed by atoms with E-state index in [1.165, 1.54) is 31.0 Å². The van der Waals surface area contributed by atoms with Gasteiger partial charge in [-0.2, -0.15) is 4.98 Å². The number of carbonyl (C=O) groups excluding carboxylic acids is 1. The van der Waals surface area contributed by atoms with E-state index in [1.807, 2.05) is 0 Å². The summed E-state index contributed by atoms with van der Waals surface area (Å²) >= 11 is 1.21. The summed E-state index contributed by atoms with van der Waals surface area (Å²) in [4.78, 5) is 24.1. The molecule has 1 aromatic carbocycles. The molecule has 0 aliphatic carbocycles. The predicted octanol–water partition coefficient (Wildman–Crippen LogP) is 2.72. The summed E-state index contributed by atoms with van der Waals surface area (Å²) in [7, 11) is 1.51. The number of amides is 1. The van der Waals surface area contributed by atoms with Crippen molar-refractivity contribution in [2.75, 3.05) is 38.2 Å². The number of hydrogen-bond acceptors (Lipinski definition) is 6. The number of anilines is 1. The summed E-state index contributed by atoms with van der Waals surface area (Å²) in [5, 5.41) is 0.419. The number of piperazine rings is 1. The van der Waals surface area contributed by atoms with Gasteiger partial charge in [0.15, 0.2) is 16.8 Å². The molecule has 27 heavy (non-hydrogen) atoms. The Bertz CT molecular complexity index is 829. The topological polar surface area (TPSA) is 58.6 Å². The van der Waals surface area contributed by atoms with Crippen molar-refractivity contribution in [3.63, 3.8) is 0 Å². The van der Waals surface area contributed by atoms with Crippen LogP contribution in [0, 0.1) is 11.6 Å². The van der Waals surface area contributed by atoms with E-state index < -0.39 is 11.6 Å². The van der Waals surface area contributed by atoms with Crippen molar-refractivity contribution in [3.8, 4) is 5.88 Å². The average Bonchev–Trinajstić information content (AvgIpc) is 2.69. The Kier molecular flexibility index (Phi) is 6.10. The molecule has 1 aliphatic heterocycles. The van der Waals surface area contributed by atoms with Crippen LogP contribution in [-0.4, -0.2) is 54.1 Å². The van der Waals surface area contributed by atoms with Crippen LogP contribution in [0.2, 0.25) is 0 Å². The third-order valence-electron chi connectivity index (χ3n) is 4.32. The molecule has 1 fully saturated rings. The predicted molar refractivity (Wildman–Crippen MR) is 99.0 cm³/mol. The van der Waals surface area contributed by atoms with E-state index in [1.54, 1.807) is 17.9 Å². The number of rotatable bonds is 5. The number of thioether (sulfide) groups is 1. The van der Waals surface area contributed by atoms with E-state index in [9.17, 15) is 13.6 Å². The molecule has 0 radical (unpaired) electrons. The van der Waals surface area contributed by atoms with Gasteiger partial charge < -0.3 is 14.5 Å². The first-order valence-corrected chi connectivity index (χ1v) is 9.45. The number of benzene rings is 1. The maximum absolute atomic E-state index is 13.8. The molecule has 0 saturated carbocycles. The first kappa shape index (κ1) is 19.3. The standard InChI is InChI=1S/C18H20F2N4O2S/c1-12(25)23-6-8-24(9-7-23)15-10-16(26-2)22-18(21-15)27-11-13-4-3-5-14(19)17(13)20/h3-5,10H,6-9,11H2,1-2H3. The molecule has 3 rings (SSSR count). The van der Waals surface area contributed by atoms with E-state index in [4.69, 9.17) is 4.74 Å². The van der Waals surface area contributed by atoms with Crippen molar-refractivity contribution in [2.24, 2.45) is 0 Å². The van der Waals surface area contributed by atoms with E-state index in [0.717, 1.165) is 6.07 Å². The molecule has 6 nitrogen and oxygen atoms in total. The number of nitrogens with zero attached hydrogens (tertiary/aromatic N) is 4. The Morgan fingerprint density at radius 3 is 2.63 bits per heavy atom. The van der Waals surface area contributed by atoms with Crippen LogP contribution in [0.15, 0.2) is 29.4 Å². The molecule has 1 saturated heterocycles. The zero-order valence-electron chi connectivity index (χ0n) is 15.1. The molecule has 0 N–H and O–H groups in total. The second-order valence-electron chi connectivity index (χ2n) is 6.05. The van der Waals surface area contributed by atoms with Crippen molar-refractivity contribution in [1.29, 1.82) is 0 Å². The minimum Gasteiger partial charge on any atom is -0.481 e. The van der Waals surface area contributed by atoms with Crippen LogP contribution in [0.3, 0.4) is 0 Å². The average molecular weight is 394 g/mol. The maximum atomic E-state index is 13.8. The molecule has 0 unspecified atom stereocenters. The zero-order valence-corrected chi connectivity index (χ0v) is 15.9. The lowest BCUT2D eigenvalue weighted by molar-refractivity contribution is -0.129. The highest BCUT2D eigenvalue weighted by atomic mass is 32.2. The third-order valence-corrected chi connectivity index (χ3v) is 5.21. The monoisotopic (exact) mass is 394 g/mol. The van der Waals surface area contributed by atoms with Gasteiger partial charge >= 0.3 is 0 Å². The highest BCUT2D eigenvalue weighted by molar-refractivity contribution is 7.98. The van der Waals surface area contributed by atoms with Gasteiger partial charge in [0.05, 0.1) is 7.11 Å². The van der Waals surface area contributed by atoms with Crippen molar-refractivity contribution in [3.05, 3.63) is 41.5 Å². The highest BCUT2D eigenvalue weighted by Crippen LogP contribution is 2.27. The fourth-order valence-electron chi connectivity index (χ4n) is 2.78. The van der Waals surface area contributed by atoms with Gasteiger partial charge in [-0.1, -0.05) is 23.9 Å². The molecule has 1 amide bonds. The number of halogens is 2. The van der Waals surface area contributed by atoms with Gasteiger partial charge in [0.25, 0.3) is 0 Å². The molecule has 1 aromatic heterocycles. The van der Waals surface area contributed by atoms with Crippen LogP contribution in [0.1, 0.15) is 12.5 Å². The molecule has 2 heterocycles. The van der Waals surface area contributed by atoms with Crippen LogP contribution >= 0.6 is 11.8 Å². The van der Waals surface area contributed by atoms with Crippen molar-refractivity contribution in [1.82, 2.24) is 14.9 Å². The van der Waals surface area contributed by atoms with Crippen LogP contribution in [0.25, 0.3) is 0 Å². The number of aromatic nitrogens is 2. The lowest BCUT2D eigenvalue weighted by Gasteiger charge is -2.35. The third kappa shape index (κ3) is 4.65. The van der Waals surface area contributed by atoms with Gasteiger partial charge in [-0.05, 0) is 6.07 Å². The lowest BCUT2D eigenvalue weighted by Crippen LogP contribution is -2.48. The van der Waals surface area contributed by atoms with Gasteiger partial charge in [0.1, 0.15) is 5.82 Å². The van der Waals surface area contributed by atoms with E-state index in [-0.39, 0.29) is 17.2 Å². The summed E-state index contributed by atoms with van der Waals surface area (Å²) in [5.74, 6) is -0.377. The highest BCUT2D eigenvalue weighted by Gasteiger charge is 2.21. The largest absolute Gasteiger partial charge is 0.481 e. The molecule has 0 atom stereocenters. The SMILES string of the molecule is COc1cc(N2CCN(C(C)=O)CC2)nc(SCc2cccc(F)c2F)n1. The van der Waals surface area contributed by atoms with E-state index in [2.05, 4.69) is 14.9 Å². The summed E-state index contributed by atoms with van der Waals surface area (Å²) in [6.07, 6.45) is 0. The van der Waals surface area contributed by atoms with Crippen molar-refractivity contribution >= 4 is 23.5 Å². The van der Waals surface area contributed by atoms with Crippen LogP contribution in [0.5, 0.6) is 5.88 Å². The van der Waals surface area contributed by atoms with Crippen molar-refractivity contribution < 1.29 is 18.3 Å². The smallest absolute Gasteiger partial charge is 0.219 e. The molecule has 2 aromatic rings. The number of carbonyl (C=O) groups is 1. The Labute approximate surface area is 160 Å². The number of hydrogen-bond donors (Lipinski definition) is 0. The summed E-state index contributed by atoms with van der Waals surface area (Å²) in [6, 6.07) is 5.83. The minimum atomic E-state index is -0.872. The second kappa shape index (κ2) is 8.51. The van der Waals surface area contributed by atoms with Crippen molar-refractivity contribution in [2.45, 2.75) is 17.8 Å². The van der Waals surface area contributed by atoms with E-state index >= 15 is 0 Å². The fraction of sp³-hybridized carbons (Fsp3) is 0.389. The fourth-order valence-corrected chi connectivity index (χ4v) is 3.60.